The van der Waals surface area contributed by atoms with Crippen LogP contribution >= 0.6 is 35.6 Å². The normalized spacial score (nSPS) is 10.8. The van der Waals surface area contributed by atoms with E-state index in [-0.39, 0.29) is 5.91 Å². The lowest BCUT2D eigenvalue weighted by molar-refractivity contribution is 0.0954. The number of hydrogen-bond acceptors (Lipinski definition) is 4. The van der Waals surface area contributed by atoms with Gasteiger partial charge in [0.15, 0.2) is 4.77 Å². The standard InChI is InChI=1S/C20H21ClN4OS2/c1-2-25-18(23-24-20(25)27)11-12-22-19(26)15-5-3-14(4-6-15)13-28-17-9-7-16(21)8-10-17/h3-10H,2,11-13H2,1H3,(H,22,26)(H,24,27). The molecule has 0 saturated heterocycles. The zero-order valence-electron chi connectivity index (χ0n) is 15.4. The number of hydrogen-bond donors (Lipinski definition) is 2. The number of carbonyl (C=O) groups is 1. The Labute approximate surface area is 178 Å². The van der Waals surface area contributed by atoms with E-state index < -0.39 is 0 Å². The Morgan fingerprint density at radius 3 is 2.61 bits per heavy atom. The second kappa shape index (κ2) is 9.91. The van der Waals surface area contributed by atoms with Crippen LogP contribution in [0.2, 0.25) is 5.02 Å². The molecule has 0 spiro atoms. The number of nitrogens with one attached hydrogen (secondary N) is 2. The fourth-order valence-corrected chi connectivity index (χ4v) is 3.97. The van der Waals surface area contributed by atoms with E-state index in [1.54, 1.807) is 11.8 Å². The number of amides is 1. The average Bonchev–Trinajstić information content (AvgIpc) is 3.07. The van der Waals surface area contributed by atoms with E-state index in [1.165, 1.54) is 0 Å². The van der Waals surface area contributed by atoms with Crippen molar-refractivity contribution in [2.75, 3.05) is 6.54 Å². The van der Waals surface area contributed by atoms with Crippen molar-refractivity contribution in [3.05, 3.63) is 75.3 Å². The summed E-state index contributed by atoms with van der Waals surface area (Å²) in [7, 11) is 0. The summed E-state index contributed by atoms with van der Waals surface area (Å²) in [5.74, 6) is 1.60. The molecular weight excluding hydrogens is 412 g/mol. The van der Waals surface area contributed by atoms with Crippen molar-refractivity contribution in [2.24, 2.45) is 0 Å². The predicted molar refractivity (Wildman–Crippen MR) is 117 cm³/mol. The summed E-state index contributed by atoms with van der Waals surface area (Å²) >= 11 is 12.8. The maximum Gasteiger partial charge on any atom is 0.251 e. The van der Waals surface area contributed by atoms with Crippen molar-refractivity contribution in [1.82, 2.24) is 20.1 Å². The van der Waals surface area contributed by atoms with Crippen LogP contribution < -0.4 is 5.32 Å². The number of aromatic amines is 1. The molecule has 0 fully saturated rings. The molecule has 3 aromatic rings. The molecule has 0 aliphatic rings. The molecule has 0 aliphatic heterocycles. The summed E-state index contributed by atoms with van der Waals surface area (Å²) in [6.07, 6.45) is 0.628. The van der Waals surface area contributed by atoms with Crippen molar-refractivity contribution in [3.8, 4) is 0 Å². The lowest BCUT2D eigenvalue weighted by Crippen LogP contribution is -2.26. The molecule has 3 rings (SSSR count). The average molecular weight is 433 g/mol. The van der Waals surface area contributed by atoms with Gasteiger partial charge in [-0.2, -0.15) is 5.10 Å². The number of benzene rings is 2. The molecule has 0 saturated carbocycles. The van der Waals surface area contributed by atoms with Crippen LogP contribution in [0, 0.1) is 4.77 Å². The third-order valence-corrected chi connectivity index (χ3v) is 5.87. The molecule has 8 heteroatoms. The maximum absolute atomic E-state index is 12.3. The molecule has 2 aromatic carbocycles. The van der Waals surface area contributed by atoms with Gasteiger partial charge in [0, 0.05) is 40.7 Å². The van der Waals surface area contributed by atoms with Gasteiger partial charge in [-0.15, -0.1) is 11.8 Å². The predicted octanol–water partition coefficient (Wildman–Crippen LogP) is 4.88. The van der Waals surface area contributed by atoms with Crippen molar-refractivity contribution < 1.29 is 4.79 Å². The Kier molecular flexibility index (Phi) is 7.30. The lowest BCUT2D eigenvalue weighted by Gasteiger charge is -2.07. The SMILES string of the molecule is CCn1c(CCNC(=O)c2ccc(CSc3ccc(Cl)cc3)cc2)n[nH]c1=S. The maximum atomic E-state index is 12.3. The highest BCUT2D eigenvalue weighted by molar-refractivity contribution is 7.98. The summed E-state index contributed by atoms with van der Waals surface area (Å²) in [6, 6.07) is 15.5. The second-order valence-corrected chi connectivity index (χ2v) is 8.01. The van der Waals surface area contributed by atoms with Crippen molar-refractivity contribution in [1.29, 1.82) is 0 Å². The Hall–Kier alpha value is -2.09. The van der Waals surface area contributed by atoms with E-state index >= 15 is 0 Å². The number of nitrogens with zero attached hydrogens (tertiary/aromatic N) is 2. The number of H-pyrrole nitrogens is 1. The molecule has 0 unspecified atom stereocenters. The van der Waals surface area contributed by atoms with E-state index in [0.29, 0.717) is 23.3 Å². The quantitative estimate of drug-likeness (QED) is 0.393. The Morgan fingerprint density at radius 2 is 1.93 bits per heavy atom. The molecule has 1 aromatic heterocycles. The molecule has 146 valence electrons. The molecule has 0 bridgehead atoms. The minimum Gasteiger partial charge on any atom is -0.352 e. The molecule has 28 heavy (non-hydrogen) atoms. The first-order valence-corrected chi connectivity index (χ1v) is 10.7. The summed E-state index contributed by atoms with van der Waals surface area (Å²) in [5, 5.41) is 10.7. The highest BCUT2D eigenvalue weighted by atomic mass is 35.5. The Balaban J connectivity index is 1.49. The number of aromatic nitrogens is 3. The van der Waals surface area contributed by atoms with Gasteiger partial charge in [0.1, 0.15) is 5.82 Å². The minimum absolute atomic E-state index is 0.0888. The van der Waals surface area contributed by atoms with Gasteiger partial charge >= 0.3 is 0 Å². The van der Waals surface area contributed by atoms with Crippen LogP contribution in [-0.2, 0) is 18.7 Å². The summed E-state index contributed by atoms with van der Waals surface area (Å²) < 4.78 is 2.53. The third kappa shape index (κ3) is 5.47. The van der Waals surface area contributed by atoms with Crippen LogP contribution in [0.5, 0.6) is 0 Å². The van der Waals surface area contributed by atoms with E-state index in [2.05, 4.69) is 15.5 Å². The largest absolute Gasteiger partial charge is 0.352 e. The molecular formula is C20H21ClN4OS2. The Morgan fingerprint density at radius 1 is 1.21 bits per heavy atom. The van der Waals surface area contributed by atoms with E-state index in [4.69, 9.17) is 23.8 Å². The van der Waals surface area contributed by atoms with Crippen LogP contribution in [0.25, 0.3) is 0 Å². The van der Waals surface area contributed by atoms with Crippen molar-refractivity contribution in [2.45, 2.75) is 30.5 Å². The number of thioether (sulfide) groups is 1. The lowest BCUT2D eigenvalue weighted by atomic mass is 10.1. The first-order chi connectivity index (χ1) is 13.6. The van der Waals surface area contributed by atoms with Crippen molar-refractivity contribution in [3.63, 3.8) is 0 Å². The highest BCUT2D eigenvalue weighted by Crippen LogP contribution is 2.24. The topological polar surface area (TPSA) is 62.7 Å². The van der Waals surface area contributed by atoms with Crippen LogP contribution in [0.15, 0.2) is 53.4 Å². The summed E-state index contributed by atoms with van der Waals surface area (Å²) in [5.41, 5.74) is 1.81. The fraction of sp³-hybridized carbons (Fsp3) is 0.250. The zero-order chi connectivity index (χ0) is 19.9. The van der Waals surface area contributed by atoms with Crippen LogP contribution in [0.4, 0.5) is 0 Å². The van der Waals surface area contributed by atoms with E-state index in [1.807, 2.05) is 60.0 Å². The fourth-order valence-electron chi connectivity index (χ4n) is 2.71. The smallest absolute Gasteiger partial charge is 0.251 e. The van der Waals surface area contributed by atoms with Gasteiger partial charge in [-0.3, -0.25) is 9.89 Å². The Bertz CT molecular complexity index is 981. The van der Waals surface area contributed by atoms with Crippen LogP contribution in [0.1, 0.15) is 28.7 Å². The first-order valence-electron chi connectivity index (χ1n) is 8.96. The number of rotatable bonds is 8. The molecule has 0 atom stereocenters. The molecule has 1 amide bonds. The number of halogens is 1. The van der Waals surface area contributed by atoms with Crippen LogP contribution in [-0.4, -0.2) is 27.2 Å². The van der Waals surface area contributed by atoms with Gasteiger partial charge in [0.25, 0.3) is 5.91 Å². The highest BCUT2D eigenvalue weighted by Gasteiger charge is 2.08. The zero-order valence-corrected chi connectivity index (χ0v) is 17.8. The van der Waals surface area contributed by atoms with Crippen molar-refractivity contribution >= 4 is 41.5 Å². The van der Waals surface area contributed by atoms with Gasteiger partial charge in [-0.05, 0) is 61.1 Å². The molecule has 2 N–H and O–H groups in total. The first kappa shape index (κ1) is 20.6. The van der Waals surface area contributed by atoms with Gasteiger partial charge in [-0.1, -0.05) is 23.7 Å². The van der Waals surface area contributed by atoms with E-state index in [0.717, 1.165) is 33.6 Å². The van der Waals surface area contributed by atoms with Gasteiger partial charge in [0.05, 0.1) is 0 Å². The minimum atomic E-state index is -0.0888. The van der Waals surface area contributed by atoms with Gasteiger partial charge < -0.3 is 9.88 Å². The van der Waals surface area contributed by atoms with Gasteiger partial charge in [-0.25, -0.2) is 0 Å². The number of carbonyl (C=O) groups excluding carboxylic acids is 1. The van der Waals surface area contributed by atoms with Gasteiger partial charge in [0.2, 0.25) is 0 Å². The summed E-state index contributed by atoms with van der Waals surface area (Å²) in [4.78, 5) is 13.5. The van der Waals surface area contributed by atoms with E-state index in [9.17, 15) is 4.79 Å². The molecule has 5 nitrogen and oxygen atoms in total. The third-order valence-electron chi connectivity index (χ3n) is 4.22. The summed E-state index contributed by atoms with van der Waals surface area (Å²) in [6.45, 7) is 3.28. The molecule has 0 aliphatic carbocycles. The monoisotopic (exact) mass is 432 g/mol. The van der Waals surface area contributed by atoms with Crippen LogP contribution in [0.3, 0.4) is 0 Å². The molecule has 0 radical (unpaired) electrons. The molecule has 1 heterocycles. The second-order valence-electron chi connectivity index (χ2n) is 6.13.